The molecule has 0 aliphatic carbocycles. The molecule has 6 nitrogen and oxygen atoms in total. The molecule has 1 amide bonds. The molecule has 4 rings (SSSR count). The number of carbonyl (C=O) groups is 2. The number of Topliss-reactive ketones (excluding diaryl/α,β-unsaturated/α-hetero) is 1. The Bertz CT molecular complexity index is 1420. The molecule has 2 aromatic carbocycles. The predicted molar refractivity (Wildman–Crippen MR) is 128 cm³/mol. The summed E-state index contributed by atoms with van der Waals surface area (Å²) >= 11 is 7.03. The van der Waals surface area contributed by atoms with Gasteiger partial charge in [-0.2, -0.15) is 0 Å². The number of fused-ring (bicyclic) bond motifs is 1. The summed E-state index contributed by atoms with van der Waals surface area (Å²) in [4.78, 5) is 43.8. The van der Waals surface area contributed by atoms with Crippen LogP contribution in [0.25, 0.3) is 10.2 Å². The van der Waals surface area contributed by atoms with Gasteiger partial charge in [-0.05, 0) is 62.2 Å². The van der Waals surface area contributed by atoms with E-state index in [4.69, 9.17) is 11.6 Å². The Morgan fingerprint density at radius 2 is 1.81 bits per heavy atom. The van der Waals surface area contributed by atoms with Crippen LogP contribution in [0.1, 0.15) is 36.7 Å². The van der Waals surface area contributed by atoms with Crippen LogP contribution in [0.3, 0.4) is 0 Å². The Morgan fingerprint density at radius 1 is 1.09 bits per heavy atom. The van der Waals surface area contributed by atoms with Gasteiger partial charge in [-0.15, -0.1) is 11.3 Å². The van der Waals surface area contributed by atoms with E-state index in [2.05, 4.69) is 10.3 Å². The lowest BCUT2D eigenvalue weighted by molar-refractivity contribution is 0.0969. The number of halogens is 1. The Balaban J connectivity index is 1.64. The molecule has 0 spiro atoms. The van der Waals surface area contributed by atoms with Crippen molar-refractivity contribution in [1.29, 1.82) is 0 Å². The number of thiophene rings is 1. The second kappa shape index (κ2) is 8.68. The molecule has 2 heterocycles. The molecule has 32 heavy (non-hydrogen) atoms. The number of amides is 1. The van der Waals surface area contributed by atoms with Gasteiger partial charge in [0.1, 0.15) is 4.83 Å². The maximum atomic E-state index is 13.1. The lowest BCUT2D eigenvalue weighted by atomic mass is 10.1. The van der Waals surface area contributed by atoms with E-state index >= 15 is 0 Å². The molecule has 0 fully saturated rings. The molecule has 2 aromatic heterocycles. The van der Waals surface area contributed by atoms with Crippen molar-refractivity contribution in [2.24, 2.45) is 0 Å². The number of nitrogens with one attached hydrogen (secondary N) is 1. The Labute approximate surface area is 193 Å². The highest BCUT2D eigenvalue weighted by molar-refractivity contribution is 7.20. The fourth-order valence-corrected chi connectivity index (χ4v) is 4.66. The summed E-state index contributed by atoms with van der Waals surface area (Å²) in [6, 6.07) is 12.3. The van der Waals surface area contributed by atoms with E-state index in [9.17, 15) is 14.4 Å². The SMILES string of the molecule is Cc1ccc(NC(=O)c2sc3ncn(CC(=O)c4ccc(Cl)cc4)c(=O)c3c2C)c(C)c1. The van der Waals surface area contributed by atoms with Gasteiger partial charge in [-0.1, -0.05) is 29.3 Å². The number of benzene rings is 2. The molecule has 0 aliphatic heterocycles. The van der Waals surface area contributed by atoms with Crippen LogP contribution >= 0.6 is 22.9 Å². The summed E-state index contributed by atoms with van der Waals surface area (Å²) < 4.78 is 1.27. The number of aromatic nitrogens is 2. The summed E-state index contributed by atoms with van der Waals surface area (Å²) in [6.45, 7) is 5.49. The van der Waals surface area contributed by atoms with Gasteiger partial charge in [-0.3, -0.25) is 19.0 Å². The molecule has 0 radical (unpaired) electrons. The highest BCUT2D eigenvalue weighted by Gasteiger charge is 2.21. The Kier molecular flexibility index (Phi) is 5.95. The van der Waals surface area contributed by atoms with Gasteiger partial charge in [0, 0.05) is 16.3 Å². The van der Waals surface area contributed by atoms with Crippen LogP contribution in [0.2, 0.25) is 5.02 Å². The summed E-state index contributed by atoms with van der Waals surface area (Å²) in [5.41, 5.74) is 3.44. The van der Waals surface area contributed by atoms with Crippen molar-refractivity contribution in [3.05, 3.63) is 91.3 Å². The second-order valence-corrected chi connectivity index (χ2v) is 9.05. The molecule has 0 saturated carbocycles. The summed E-state index contributed by atoms with van der Waals surface area (Å²) in [5, 5.41) is 3.80. The van der Waals surface area contributed by atoms with Crippen molar-refractivity contribution >= 4 is 50.5 Å². The van der Waals surface area contributed by atoms with E-state index in [-0.39, 0.29) is 23.8 Å². The molecule has 0 bridgehead atoms. The van der Waals surface area contributed by atoms with Gasteiger partial charge in [0.2, 0.25) is 0 Å². The number of anilines is 1. The molecule has 0 saturated heterocycles. The Hall–Kier alpha value is -3.29. The van der Waals surface area contributed by atoms with Crippen LogP contribution in [-0.2, 0) is 6.54 Å². The first-order valence-electron chi connectivity index (χ1n) is 9.90. The third kappa shape index (κ3) is 4.22. The van der Waals surface area contributed by atoms with E-state index in [1.165, 1.54) is 10.9 Å². The van der Waals surface area contributed by atoms with Crippen molar-refractivity contribution < 1.29 is 9.59 Å². The quantitative estimate of drug-likeness (QED) is 0.412. The minimum Gasteiger partial charge on any atom is -0.321 e. The topological polar surface area (TPSA) is 81.1 Å². The van der Waals surface area contributed by atoms with Gasteiger partial charge in [0.25, 0.3) is 11.5 Å². The maximum absolute atomic E-state index is 13.1. The molecular formula is C24H20ClN3O3S. The number of ketones is 1. The zero-order valence-electron chi connectivity index (χ0n) is 17.7. The lowest BCUT2D eigenvalue weighted by Crippen LogP contribution is -2.24. The molecule has 4 aromatic rings. The average molecular weight is 466 g/mol. The first kappa shape index (κ1) is 21.9. The number of hydrogen-bond donors (Lipinski definition) is 1. The Morgan fingerprint density at radius 3 is 2.50 bits per heavy atom. The first-order valence-corrected chi connectivity index (χ1v) is 11.1. The van der Waals surface area contributed by atoms with Crippen LogP contribution in [0, 0.1) is 20.8 Å². The molecule has 1 N–H and O–H groups in total. The molecule has 0 aliphatic rings. The van der Waals surface area contributed by atoms with Crippen molar-refractivity contribution in [3.8, 4) is 0 Å². The number of aryl methyl sites for hydroxylation is 3. The van der Waals surface area contributed by atoms with Crippen LogP contribution in [0.5, 0.6) is 0 Å². The van der Waals surface area contributed by atoms with Crippen LogP contribution in [-0.4, -0.2) is 21.2 Å². The third-order valence-electron chi connectivity index (χ3n) is 5.23. The standard InChI is InChI=1S/C24H20ClN3O3S/c1-13-4-9-18(14(2)10-13)27-22(30)21-15(3)20-23(32-21)26-12-28(24(20)31)11-19(29)16-5-7-17(25)8-6-16/h4-10,12H,11H2,1-3H3,(H,27,30). The lowest BCUT2D eigenvalue weighted by Gasteiger charge is -2.08. The third-order valence-corrected chi connectivity index (χ3v) is 6.68. The normalized spacial score (nSPS) is 11.0. The molecule has 8 heteroatoms. The van der Waals surface area contributed by atoms with Crippen molar-refractivity contribution in [1.82, 2.24) is 9.55 Å². The smallest absolute Gasteiger partial charge is 0.266 e. The van der Waals surface area contributed by atoms with Gasteiger partial charge in [0.05, 0.1) is 23.1 Å². The predicted octanol–water partition coefficient (Wildman–Crippen LogP) is 5.17. The first-order chi connectivity index (χ1) is 15.2. The van der Waals surface area contributed by atoms with E-state index < -0.39 is 0 Å². The summed E-state index contributed by atoms with van der Waals surface area (Å²) in [5.74, 6) is -0.522. The molecular weight excluding hydrogens is 446 g/mol. The fourth-order valence-electron chi connectivity index (χ4n) is 3.50. The van der Waals surface area contributed by atoms with Crippen molar-refractivity contribution in [2.45, 2.75) is 27.3 Å². The fraction of sp³-hybridized carbons (Fsp3) is 0.167. The highest BCUT2D eigenvalue weighted by atomic mass is 35.5. The highest BCUT2D eigenvalue weighted by Crippen LogP contribution is 2.28. The minimum absolute atomic E-state index is 0.150. The number of hydrogen-bond acceptors (Lipinski definition) is 5. The van der Waals surface area contributed by atoms with E-state index in [0.717, 1.165) is 28.2 Å². The zero-order chi connectivity index (χ0) is 23.0. The maximum Gasteiger partial charge on any atom is 0.266 e. The molecule has 162 valence electrons. The van der Waals surface area contributed by atoms with Gasteiger partial charge < -0.3 is 5.32 Å². The summed E-state index contributed by atoms with van der Waals surface area (Å²) in [7, 11) is 0. The van der Waals surface area contributed by atoms with Gasteiger partial charge in [-0.25, -0.2) is 4.98 Å². The van der Waals surface area contributed by atoms with Gasteiger partial charge >= 0.3 is 0 Å². The van der Waals surface area contributed by atoms with E-state index in [1.54, 1.807) is 31.2 Å². The monoisotopic (exact) mass is 465 g/mol. The van der Waals surface area contributed by atoms with E-state index in [1.807, 2.05) is 32.0 Å². The largest absolute Gasteiger partial charge is 0.321 e. The van der Waals surface area contributed by atoms with Crippen LogP contribution in [0.15, 0.2) is 53.6 Å². The van der Waals surface area contributed by atoms with Crippen LogP contribution in [0.4, 0.5) is 5.69 Å². The van der Waals surface area contributed by atoms with Crippen molar-refractivity contribution in [2.75, 3.05) is 5.32 Å². The minimum atomic E-state index is -0.350. The van der Waals surface area contributed by atoms with E-state index in [0.29, 0.717) is 31.2 Å². The number of rotatable bonds is 5. The van der Waals surface area contributed by atoms with Gasteiger partial charge in [0.15, 0.2) is 5.78 Å². The molecule has 0 atom stereocenters. The zero-order valence-corrected chi connectivity index (χ0v) is 19.3. The van der Waals surface area contributed by atoms with Crippen molar-refractivity contribution in [3.63, 3.8) is 0 Å². The number of carbonyl (C=O) groups excluding carboxylic acids is 2. The average Bonchev–Trinajstić information content (AvgIpc) is 3.10. The summed E-state index contributed by atoms with van der Waals surface area (Å²) in [6.07, 6.45) is 1.35. The number of nitrogens with zero attached hydrogens (tertiary/aromatic N) is 2. The second-order valence-electron chi connectivity index (χ2n) is 7.62. The van der Waals surface area contributed by atoms with Crippen LogP contribution < -0.4 is 10.9 Å². The molecule has 0 unspecified atom stereocenters.